The third kappa shape index (κ3) is 4.70. The molecule has 1 aromatic carbocycles. The summed E-state index contributed by atoms with van der Waals surface area (Å²) in [6.45, 7) is 3.78. The molecule has 0 aliphatic carbocycles. The van der Waals surface area contributed by atoms with Crippen LogP contribution in [0.25, 0.3) is 0 Å². The molecule has 128 valence electrons. The molecule has 5 nitrogen and oxygen atoms in total. The Balaban J connectivity index is 1.58. The molecule has 0 radical (unpaired) electrons. The van der Waals surface area contributed by atoms with Gasteiger partial charge in [0, 0.05) is 35.2 Å². The monoisotopic (exact) mass is 365 g/mol. The van der Waals surface area contributed by atoms with E-state index in [1.807, 2.05) is 6.07 Å². The summed E-state index contributed by atoms with van der Waals surface area (Å²) in [6.07, 6.45) is 0. The molecule has 24 heavy (non-hydrogen) atoms. The summed E-state index contributed by atoms with van der Waals surface area (Å²) in [5.41, 5.74) is 0.718. The van der Waals surface area contributed by atoms with Gasteiger partial charge in [-0.25, -0.2) is 4.79 Å². The molecule has 1 fully saturated rings. The molecule has 1 unspecified atom stereocenters. The zero-order chi connectivity index (χ0) is 16.8. The first-order valence-electron chi connectivity index (χ1n) is 7.88. The number of urea groups is 1. The first-order chi connectivity index (χ1) is 11.7. The number of carbonyl (C=O) groups is 1. The number of hydrogen-bond acceptors (Lipinski definition) is 4. The highest BCUT2D eigenvalue weighted by molar-refractivity contribution is 7.10. The second-order valence-corrected chi connectivity index (χ2v) is 6.94. The normalized spacial score (nSPS) is 16.5. The Morgan fingerprint density at radius 2 is 2.00 bits per heavy atom. The molecule has 2 aromatic rings. The SMILES string of the molecule is O=C(NCC(c1cccs1)N1CCOCC1)Nc1ccc(Cl)cc1. The van der Waals surface area contributed by atoms with Crippen LogP contribution in [-0.4, -0.2) is 43.8 Å². The lowest BCUT2D eigenvalue weighted by atomic mass is 10.2. The molecular formula is C17H20ClN3O2S. The number of benzene rings is 1. The van der Waals surface area contributed by atoms with Crippen LogP contribution >= 0.6 is 22.9 Å². The van der Waals surface area contributed by atoms with E-state index in [2.05, 4.69) is 27.0 Å². The smallest absolute Gasteiger partial charge is 0.319 e. The largest absolute Gasteiger partial charge is 0.379 e. The van der Waals surface area contributed by atoms with Gasteiger partial charge in [0.25, 0.3) is 0 Å². The van der Waals surface area contributed by atoms with Crippen molar-refractivity contribution in [2.75, 3.05) is 38.2 Å². The van der Waals surface area contributed by atoms with E-state index in [1.54, 1.807) is 35.6 Å². The number of carbonyl (C=O) groups excluding carboxylic acids is 1. The van der Waals surface area contributed by atoms with Crippen LogP contribution < -0.4 is 10.6 Å². The molecule has 3 rings (SSSR count). The van der Waals surface area contributed by atoms with Gasteiger partial charge in [-0.15, -0.1) is 11.3 Å². The summed E-state index contributed by atoms with van der Waals surface area (Å²) in [5, 5.41) is 8.51. The first-order valence-corrected chi connectivity index (χ1v) is 9.14. The van der Waals surface area contributed by atoms with Crippen molar-refractivity contribution in [3.63, 3.8) is 0 Å². The van der Waals surface area contributed by atoms with E-state index in [0.717, 1.165) is 32.0 Å². The molecule has 1 aromatic heterocycles. The van der Waals surface area contributed by atoms with Crippen molar-refractivity contribution in [3.05, 3.63) is 51.7 Å². The van der Waals surface area contributed by atoms with Gasteiger partial charge < -0.3 is 15.4 Å². The molecule has 0 bridgehead atoms. The highest BCUT2D eigenvalue weighted by Gasteiger charge is 2.23. The molecule has 1 aliphatic heterocycles. The fraction of sp³-hybridized carbons (Fsp3) is 0.353. The van der Waals surface area contributed by atoms with Gasteiger partial charge in [-0.2, -0.15) is 0 Å². The Bertz CT molecular complexity index is 642. The maximum Gasteiger partial charge on any atom is 0.319 e. The Kier molecular flexibility index (Phi) is 6.09. The zero-order valence-corrected chi connectivity index (χ0v) is 14.8. The minimum atomic E-state index is -0.216. The van der Waals surface area contributed by atoms with Crippen molar-refractivity contribution in [1.82, 2.24) is 10.2 Å². The third-order valence-corrected chi connectivity index (χ3v) is 5.14. The van der Waals surface area contributed by atoms with Gasteiger partial charge in [0.2, 0.25) is 0 Å². The number of nitrogens with one attached hydrogen (secondary N) is 2. The van der Waals surface area contributed by atoms with Crippen LogP contribution in [0.2, 0.25) is 5.02 Å². The van der Waals surface area contributed by atoms with Crippen molar-refractivity contribution in [2.45, 2.75) is 6.04 Å². The number of morpholine rings is 1. The summed E-state index contributed by atoms with van der Waals surface area (Å²) in [7, 11) is 0. The van der Waals surface area contributed by atoms with Crippen LogP contribution in [0.1, 0.15) is 10.9 Å². The number of rotatable bonds is 5. The van der Waals surface area contributed by atoms with E-state index < -0.39 is 0 Å². The molecule has 1 saturated heterocycles. The minimum Gasteiger partial charge on any atom is -0.379 e. The number of halogens is 1. The van der Waals surface area contributed by atoms with E-state index >= 15 is 0 Å². The average Bonchev–Trinajstić information content (AvgIpc) is 3.12. The van der Waals surface area contributed by atoms with E-state index in [-0.39, 0.29) is 12.1 Å². The van der Waals surface area contributed by atoms with Crippen LogP contribution in [0.15, 0.2) is 41.8 Å². The maximum absolute atomic E-state index is 12.2. The van der Waals surface area contributed by atoms with Gasteiger partial charge >= 0.3 is 6.03 Å². The summed E-state index contributed by atoms with van der Waals surface area (Å²) >= 11 is 7.56. The molecule has 2 N–H and O–H groups in total. The second kappa shape index (κ2) is 8.48. The van der Waals surface area contributed by atoms with Gasteiger partial charge in [0.15, 0.2) is 0 Å². The maximum atomic E-state index is 12.2. The van der Waals surface area contributed by atoms with Crippen LogP contribution in [0.5, 0.6) is 0 Å². The first kappa shape index (κ1) is 17.2. The predicted molar refractivity (Wildman–Crippen MR) is 97.9 cm³/mol. The van der Waals surface area contributed by atoms with Crippen molar-refractivity contribution in [1.29, 1.82) is 0 Å². The van der Waals surface area contributed by atoms with Crippen molar-refractivity contribution in [2.24, 2.45) is 0 Å². The number of nitrogens with zero attached hydrogens (tertiary/aromatic N) is 1. The quantitative estimate of drug-likeness (QED) is 0.851. The minimum absolute atomic E-state index is 0.171. The van der Waals surface area contributed by atoms with Crippen LogP contribution in [-0.2, 0) is 4.74 Å². The summed E-state index contributed by atoms with van der Waals surface area (Å²) in [5.74, 6) is 0. The van der Waals surface area contributed by atoms with Crippen molar-refractivity contribution in [3.8, 4) is 0 Å². The van der Waals surface area contributed by atoms with E-state index in [9.17, 15) is 4.79 Å². The Morgan fingerprint density at radius 1 is 1.25 bits per heavy atom. The average molecular weight is 366 g/mol. The number of ether oxygens (including phenoxy) is 1. The molecule has 0 saturated carbocycles. The Hall–Kier alpha value is -1.60. The van der Waals surface area contributed by atoms with Gasteiger partial charge in [-0.05, 0) is 35.7 Å². The lowest BCUT2D eigenvalue weighted by Gasteiger charge is -2.34. The molecule has 7 heteroatoms. The molecule has 2 heterocycles. The Morgan fingerprint density at radius 3 is 2.67 bits per heavy atom. The standard InChI is InChI=1S/C17H20ClN3O2S/c18-13-3-5-14(6-4-13)20-17(22)19-12-15(16-2-1-11-24-16)21-7-9-23-10-8-21/h1-6,11,15H,7-10,12H2,(H2,19,20,22). The van der Waals surface area contributed by atoms with Gasteiger partial charge in [-0.1, -0.05) is 17.7 Å². The summed E-state index contributed by atoms with van der Waals surface area (Å²) in [6, 6.07) is 11.2. The Labute approximate surface area is 150 Å². The summed E-state index contributed by atoms with van der Waals surface area (Å²) in [4.78, 5) is 15.8. The van der Waals surface area contributed by atoms with E-state index in [4.69, 9.17) is 16.3 Å². The second-order valence-electron chi connectivity index (χ2n) is 5.52. The van der Waals surface area contributed by atoms with Crippen molar-refractivity contribution >= 4 is 34.7 Å². The highest BCUT2D eigenvalue weighted by Crippen LogP contribution is 2.25. The van der Waals surface area contributed by atoms with Gasteiger partial charge in [0.1, 0.15) is 0 Å². The molecule has 0 spiro atoms. The fourth-order valence-corrected chi connectivity index (χ4v) is 3.66. The molecule has 1 aliphatic rings. The van der Waals surface area contributed by atoms with E-state index in [1.165, 1.54) is 4.88 Å². The third-order valence-electron chi connectivity index (χ3n) is 3.92. The predicted octanol–water partition coefficient (Wildman–Crippen LogP) is 3.60. The van der Waals surface area contributed by atoms with Crippen LogP contribution in [0, 0.1) is 0 Å². The lowest BCUT2D eigenvalue weighted by molar-refractivity contribution is 0.0175. The molecule has 1 atom stereocenters. The highest BCUT2D eigenvalue weighted by atomic mass is 35.5. The van der Waals surface area contributed by atoms with Crippen LogP contribution in [0.3, 0.4) is 0 Å². The zero-order valence-electron chi connectivity index (χ0n) is 13.2. The van der Waals surface area contributed by atoms with E-state index in [0.29, 0.717) is 11.6 Å². The molecule has 2 amide bonds. The number of amides is 2. The lowest BCUT2D eigenvalue weighted by Crippen LogP contribution is -2.44. The number of hydrogen-bond donors (Lipinski definition) is 2. The van der Waals surface area contributed by atoms with Crippen molar-refractivity contribution < 1.29 is 9.53 Å². The molecular weight excluding hydrogens is 346 g/mol. The van der Waals surface area contributed by atoms with Gasteiger partial charge in [-0.3, -0.25) is 4.90 Å². The van der Waals surface area contributed by atoms with Crippen LogP contribution in [0.4, 0.5) is 10.5 Å². The topological polar surface area (TPSA) is 53.6 Å². The summed E-state index contributed by atoms with van der Waals surface area (Å²) < 4.78 is 5.43. The number of thiophene rings is 1. The fourth-order valence-electron chi connectivity index (χ4n) is 2.68. The van der Waals surface area contributed by atoms with Gasteiger partial charge in [0.05, 0.1) is 19.3 Å². The number of anilines is 1.